The summed E-state index contributed by atoms with van der Waals surface area (Å²) in [6.07, 6.45) is 3.39. The lowest BCUT2D eigenvalue weighted by Crippen LogP contribution is -2.38. The SMILES string of the molecule is CCn1cnnc1C1CCN(C(=O)c2cccc(NS(=O)(=O)c3cc(C)ccc3C)c2)CC1. The lowest BCUT2D eigenvalue weighted by Gasteiger charge is -2.31. The van der Waals surface area contributed by atoms with Crippen LogP contribution in [0.4, 0.5) is 5.69 Å². The summed E-state index contributed by atoms with van der Waals surface area (Å²) in [6.45, 7) is 7.75. The van der Waals surface area contributed by atoms with Gasteiger partial charge in [0.1, 0.15) is 12.2 Å². The molecule has 0 aliphatic carbocycles. The molecule has 1 N–H and O–H groups in total. The van der Waals surface area contributed by atoms with E-state index in [0.29, 0.717) is 29.9 Å². The first-order valence-corrected chi connectivity index (χ1v) is 12.6. The first-order chi connectivity index (χ1) is 15.8. The second-order valence-corrected chi connectivity index (χ2v) is 10.1. The molecule has 0 radical (unpaired) electrons. The average Bonchev–Trinajstić information content (AvgIpc) is 3.29. The quantitative estimate of drug-likeness (QED) is 0.596. The van der Waals surface area contributed by atoms with Crippen LogP contribution >= 0.6 is 0 Å². The number of hydrogen-bond acceptors (Lipinski definition) is 5. The van der Waals surface area contributed by atoms with Crippen molar-refractivity contribution in [2.75, 3.05) is 17.8 Å². The Balaban J connectivity index is 1.46. The number of benzene rings is 2. The van der Waals surface area contributed by atoms with Gasteiger partial charge in [-0.25, -0.2) is 8.42 Å². The molecule has 0 unspecified atom stereocenters. The average molecular weight is 468 g/mol. The Labute approximate surface area is 194 Å². The first kappa shape index (κ1) is 23.0. The molecule has 1 aliphatic rings. The lowest BCUT2D eigenvalue weighted by atomic mass is 9.95. The number of carbonyl (C=O) groups is 1. The van der Waals surface area contributed by atoms with Gasteiger partial charge >= 0.3 is 0 Å². The van der Waals surface area contributed by atoms with Crippen LogP contribution in [0.2, 0.25) is 0 Å². The normalized spacial score (nSPS) is 14.9. The molecule has 33 heavy (non-hydrogen) atoms. The van der Waals surface area contributed by atoms with Crippen LogP contribution in [0.5, 0.6) is 0 Å². The predicted octanol–water partition coefficient (Wildman–Crippen LogP) is 3.74. The number of likely N-dealkylation sites (tertiary alicyclic amines) is 1. The van der Waals surface area contributed by atoms with E-state index in [1.165, 1.54) is 0 Å². The summed E-state index contributed by atoms with van der Waals surface area (Å²) in [4.78, 5) is 15.2. The van der Waals surface area contributed by atoms with Crippen LogP contribution in [0.1, 0.15) is 53.0 Å². The number of amides is 1. The van der Waals surface area contributed by atoms with Gasteiger partial charge in [-0.3, -0.25) is 9.52 Å². The van der Waals surface area contributed by atoms with Crippen molar-refractivity contribution < 1.29 is 13.2 Å². The minimum Gasteiger partial charge on any atom is -0.339 e. The monoisotopic (exact) mass is 467 g/mol. The van der Waals surface area contributed by atoms with Crippen LogP contribution in [0.25, 0.3) is 0 Å². The molecule has 0 bridgehead atoms. The number of aryl methyl sites for hydroxylation is 3. The van der Waals surface area contributed by atoms with Gasteiger partial charge in [-0.2, -0.15) is 0 Å². The standard InChI is InChI=1S/C24H29N5O3S/c1-4-28-16-25-26-23(28)19-10-12-29(13-11-19)24(30)20-6-5-7-21(15-20)27-33(31,32)22-14-17(2)8-9-18(22)3/h5-9,14-16,19,27H,4,10-13H2,1-3H3. The Hall–Kier alpha value is -3.20. The molecule has 1 saturated heterocycles. The summed E-state index contributed by atoms with van der Waals surface area (Å²) in [7, 11) is -3.76. The van der Waals surface area contributed by atoms with Gasteiger partial charge < -0.3 is 9.47 Å². The largest absolute Gasteiger partial charge is 0.339 e. The molecule has 3 aromatic rings. The first-order valence-electron chi connectivity index (χ1n) is 11.2. The second kappa shape index (κ2) is 9.35. The Kier molecular flexibility index (Phi) is 6.51. The molecule has 1 fully saturated rings. The summed E-state index contributed by atoms with van der Waals surface area (Å²) in [5.41, 5.74) is 2.37. The molecule has 8 nitrogen and oxygen atoms in total. The summed E-state index contributed by atoms with van der Waals surface area (Å²) >= 11 is 0. The van der Waals surface area contributed by atoms with Crippen molar-refractivity contribution in [3.05, 3.63) is 71.3 Å². The Morgan fingerprint density at radius 3 is 2.61 bits per heavy atom. The maximum atomic E-state index is 13.1. The molecule has 0 spiro atoms. The van der Waals surface area contributed by atoms with E-state index < -0.39 is 10.0 Å². The highest BCUT2D eigenvalue weighted by Gasteiger charge is 2.27. The molecular formula is C24H29N5O3S. The fourth-order valence-electron chi connectivity index (χ4n) is 4.27. The third-order valence-corrected chi connectivity index (χ3v) is 7.65. The highest BCUT2D eigenvalue weighted by atomic mass is 32.2. The number of nitrogens with one attached hydrogen (secondary N) is 1. The van der Waals surface area contributed by atoms with Crippen LogP contribution in [0.15, 0.2) is 53.7 Å². The van der Waals surface area contributed by atoms with Crippen LogP contribution < -0.4 is 4.72 Å². The fourth-order valence-corrected chi connectivity index (χ4v) is 5.65. The molecule has 2 aromatic carbocycles. The van der Waals surface area contributed by atoms with Crippen molar-refractivity contribution in [1.29, 1.82) is 0 Å². The summed E-state index contributed by atoms with van der Waals surface area (Å²) in [5, 5.41) is 8.28. The number of piperidine rings is 1. The van der Waals surface area contributed by atoms with E-state index in [-0.39, 0.29) is 16.7 Å². The van der Waals surface area contributed by atoms with E-state index in [9.17, 15) is 13.2 Å². The third-order valence-electron chi connectivity index (χ3n) is 6.13. The van der Waals surface area contributed by atoms with Crippen molar-refractivity contribution in [1.82, 2.24) is 19.7 Å². The molecule has 2 heterocycles. The molecule has 0 atom stereocenters. The van der Waals surface area contributed by atoms with Gasteiger partial charge in [0.25, 0.3) is 15.9 Å². The van der Waals surface area contributed by atoms with Gasteiger partial charge in [-0.05, 0) is 69.0 Å². The van der Waals surface area contributed by atoms with E-state index in [1.807, 2.05) is 22.5 Å². The van der Waals surface area contributed by atoms with E-state index in [0.717, 1.165) is 30.8 Å². The van der Waals surface area contributed by atoms with Gasteiger partial charge in [0, 0.05) is 36.8 Å². The minimum atomic E-state index is -3.76. The zero-order valence-corrected chi connectivity index (χ0v) is 20.0. The van der Waals surface area contributed by atoms with Crippen molar-refractivity contribution in [2.45, 2.75) is 51.0 Å². The number of nitrogens with zero attached hydrogens (tertiary/aromatic N) is 4. The van der Waals surface area contributed by atoms with Gasteiger partial charge in [-0.15, -0.1) is 10.2 Å². The summed E-state index contributed by atoms with van der Waals surface area (Å²) in [6, 6.07) is 12.0. The van der Waals surface area contributed by atoms with Crippen LogP contribution in [-0.2, 0) is 16.6 Å². The van der Waals surface area contributed by atoms with Gasteiger partial charge in [-0.1, -0.05) is 18.2 Å². The zero-order valence-electron chi connectivity index (χ0n) is 19.2. The van der Waals surface area contributed by atoms with Gasteiger partial charge in [0.15, 0.2) is 0 Å². The topological polar surface area (TPSA) is 97.2 Å². The minimum absolute atomic E-state index is 0.0989. The Bertz CT molecular complexity index is 1260. The maximum absolute atomic E-state index is 13.1. The number of hydrogen-bond donors (Lipinski definition) is 1. The van der Waals surface area contributed by atoms with Crippen molar-refractivity contribution >= 4 is 21.6 Å². The predicted molar refractivity (Wildman–Crippen MR) is 127 cm³/mol. The molecule has 4 rings (SSSR count). The van der Waals surface area contributed by atoms with Gasteiger partial charge in [0.05, 0.1) is 4.90 Å². The van der Waals surface area contributed by atoms with Crippen molar-refractivity contribution in [3.63, 3.8) is 0 Å². The third kappa shape index (κ3) is 4.93. The van der Waals surface area contributed by atoms with E-state index in [2.05, 4.69) is 21.8 Å². The highest BCUT2D eigenvalue weighted by molar-refractivity contribution is 7.92. The smallest absolute Gasteiger partial charge is 0.262 e. The number of aromatic nitrogens is 3. The number of anilines is 1. The lowest BCUT2D eigenvalue weighted by molar-refractivity contribution is 0.0710. The fraction of sp³-hybridized carbons (Fsp3) is 0.375. The molecule has 1 aliphatic heterocycles. The number of sulfonamides is 1. The molecular weight excluding hydrogens is 438 g/mol. The Morgan fingerprint density at radius 2 is 1.88 bits per heavy atom. The number of rotatable bonds is 6. The van der Waals surface area contributed by atoms with E-state index >= 15 is 0 Å². The van der Waals surface area contributed by atoms with E-state index in [4.69, 9.17) is 0 Å². The van der Waals surface area contributed by atoms with Gasteiger partial charge in [0.2, 0.25) is 0 Å². The molecule has 9 heteroatoms. The van der Waals surface area contributed by atoms with Crippen molar-refractivity contribution in [3.8, 4) is 0 Å². The summed E-state index contributed by atoms with van der Waals surface area (Å²) in [5.74, 6) is 1.16. The van der Waals surface area contributed by atoms with Crippen LogP contribution in [0, 0.1) is 13.8 Å². The van der Waals surface area contributed by atoms with Crippen molar-refractivity contribution in [2.24, 2.45) is 0 Å². The molecule has 1 amide bonds. The molecule has 1 aromatic heterocycles. The van der Waals surface area contributed by atoms with Crippen LogP contribution in [0.3, 0.4) is 0 Å². The zero-order chi connectivity index (χ0) is 23.6. The molecule has 0 saturated carbocycles. The highest BCUT2D eigenvalue weighted by Crippen LogP contribution is 2.28. The summed E-state index contributed by atoms with van der Waals surface area (Å²) < 4.78 is 30.5. The second-order valence-electron chi connectivity index (χ2n) is 8.50. The van der Waals surface area contributed by atoms with Crippen LogP contribution in [-0.4, -0.2) is 47.1 Å². The maximum Gasteiger partial charge on any atom is 0.262 e. The Morgan fingerprint density at radius 1 is 1.12 bits per heavy atom. The molecule has 174 valence electrons. The number of carbonyl (C=O) groups excluding carboxylic acids is 1. The van der Waals surface area contributed by atoms with E-state index in [1.54, 1.807) is 49.6 Å².